The van der Waals surface area contributed by atoms with Crippen LogP contribution >= 0.6 is 11.3 Å². The molecule has 0 unspecified atom stereocenters. The van der Waals surface area contributed by atoms with E-state index in [0.717, 1.165) is 17.7 Å². The minimum atomic E-state index is -0.158. The second kappa shape index (κ2) is 5.82. The molecular formula is C19H14N2OS. The van der Waals surface area contributed by atoms with Crippen LogP contribution in [0.1, 0.15) is 16.0 Å². The predicted octanol–water partition coefficient (Wildman–Crippen LogP) is 4.37. The fraction of sp³-hybridized carbons (Fsp3) is 0.0526. The molecule has 0 spiro atoms. The van der Waals surface area contributed by atoms with Gasteiger partial charge < -0.3 is 0 Å². The van der Waals surface area contributed by atoms with Gasteiger partial charge in [-0.1, -0.05) is 54.6 Å². The zero-order valence-electron chi connectivity index (χ0n) is 12.3. The minimum Gasteiger partial charge on any atom is -0.298 e. The fourth-order valence-electron chi connectivity index (χ4n) is 2.70. The number of amides is 1. The summed E-state index contributed by atoms with van der Waals surface area (Å²) in [6.45, 7) is 0. The first-order valence-electron chi connectivity index (χ1n) is 7.42. The molecule has 1 aliphatic rings. The lowest BCUT2D eigenvalue weighted by molar-refractivity contribution is -0.111. The van der Waals surface area contributed by atoms with Gasteiger partial charge in [-0.15, -0.1) is 11.3 Å². The maximum Gasteiger partial charge on any atom is 0.250 e. The first kappa shape index (κ1) is 13.9. The van der Waals surface area contributed by atoms with E-state index < -0.39 is 0 Å². The highest BCUT2D eigenvalue weighted by Gasteiger charge is 2.23. The van der Waals surface area contributed by atoms with Crippen molar-refractivity contribution >= 4 is 28.5 Å². The Bertz CT molecular complexity index is 897. The lowest BCUT2D eigenvalue weighted by Gasteiger charge is -1.99. The number of thiazole rings is 1. The van der Waals surface area contributed by atoms with Gasteiger partial charge in [0, 0.05) is 22.9 Å². The number of fused-ring (bicyclic) bond motifs is 3. The highest BCUT2D eigenvalue weighted by atomic mass is 32.1. The number of nitrogens with one attached hydrogen (secondary N) is 1. The van der Waals surface area contributed by atoms with Gasteiger partial charge in [-0.05, 0) is 17.2 Å². The average Bonchev–Trinajstić information content (AvgIpc) is 3.11. The van der Waals surface area contributed by atoms with E-state index in [-0.39, 0.29) is 5.91 Å². The number of carbonyl (C=O) groups excluding carboxylic acids is 1. The minimum absolute atomic E-state index is 0.158. The zero-order valence-corrected chi connectivity index (χ0v) is 13.1. The summed E-state index contributed by atoms with van der Waals surface area (Å²) in [5.41, 5.74) is 4.49. The third-order valence-corrected chi connectivity index (χ3v) is 4.75. The number of anilines is 1. The normalized spacial score (nSPS) is 12.2. The van der Waals surface area contributed by atoms with Gasteiger partial charge in [-0.25, -0.2) is 4.98 Å². The smallest absolute Gasteiger partial charge is 0.250 e. The number of benzene rings is 2. The number of aromatic nitrogens is 1. The van der Waals surface area contributed by atoms with E-state index in [1.165, 1.54) is 22.1 Å². The molecule has 1 N–H and O–H groups in total. The lowest BCUT2D eigenvalue weighted by atomic mass is 10.1. The Kier molecular flexibility index (Phi) is 3.52. The molecule has 3 aromatic rings. The standard InChI is InChI=1S/C19H14N2OS/c22-17(11-10-13-6-2-1-3-7-13)20-19-21-18-15-9-5-4-8-14(15)12-16(18)23-19/h1-11H,12H2,(H,20,21,22). The lowest BCUT2D eigenvalue weighted by Crippen LogP contribution is -2.07. The fourth-order valence-corrected chi connectivity index (χ4v) is 3.70. The summed E-state index contributed by atoms with van der Waals surface area (Å²) in [6.07, 6.45) is 4.24. The Morgan fingerprint density at radius 3 is 2.74 bits per heavy atom. The highest BCUT2D eigenvalue weighted by molar-refractivity contribution is 7.16. The van der Waals surface area contributed by atoms with Gasteiger partial charge in [0.05, 0.1) is 5.69 Å². The maximum absolute atomic E-state index is 12.0. The van der Waals surface area contributed by atoms with Gasteiger partial charge in [-0.2, -0.15) is 0 Å². The molecule has 2 aromatic carbocycles. The van der Waals surface area contributed by atoms with Crippen LogP contribution in [0.25, 0.3) is 17.3 Å². The summed E-state index contributed by atoms with van der Waals surface area (Å²) in [5.74, 6) is -0.158. The maximum atomic E-state index is 12.0. The summed E-state index contributed by atoms with van der Waals surface area (Å²) < 4.78 is 0. The molecule has 3 nitrogen and oxygen atoms in total. The second-order valence-corrected chi connectivity index (χ2v) is 6.44. The van der Waals surface area contributed by atoms with Crippen LogP contribution in [0.5, 0.6) is 0 Å². The third-order valence-electron chi connectivity index (χ3n) is 3.78. The van der Waals surface area contributed by atoms with Crippen LogP contribution in [0.4, 0.5) is 5.13 Å². The van der Waals surface area contributed by atoms with Crippen molar-refractivity contribution in [1.29, 1.82) is 0 Å². The van der Waals surface area contributed by atoms with Crippen molar-refractivity contribution in [2.75, 3.05) is 5.32 Å². The van der Waals surface area contributed by atoms with E-state index in [1.807, 2.05) is 42.5 Å². The topological polar surface area (TPSA) is 42.0 Å². The molecule has 1 amide bonds. The van der Waals surface area contributed by atoms with Crippen molar-refractivity contribution in [2.24, 2.45) is 0 Å². The molecule has 0 bridgehead atoms. The van der Waals surface area contributed by atoms with Gasteiger partial charge in [0.1, 0.15) is 0 Å². The van der Waals surface area contributed by atoms with Crippen LogP contribution in [0.15, 0.2) is 60.7 Å². The Hall–Kier alpha value is -2.72. The molecule has 0 aliphatic heterocycles. The number of carbonyl (C=O) groups is 1. The molecule has 1 aromatic heterocycles. The molecule has 0 atom stereocenters. The predicted molar refractivity (Wildman–Crippen MR) is 94.5 cm³/mol. The first-order valence-corrected chi connectivity index (χ1v) is 8.23. The summed E-state index contributed by atoms with van der Waals surface area (Å²) >= 11 is 1.55. The van der Waals surface area contributed by atoms with Crippen molar-refractivity contribution in [3.05, 3.63) is 76.7 Å². The molecule has 0 saturated carbocycles. The molecular weight excluding hydrogens is 304 g/mol. The quantitative estimate of drug-likeness (QED) is 0.570. The van der Waals surface area contributed by atoms with Gasteiger partial charge in [0.25, 0.3) is 0 Å². The van der Waals surface area contributed by atoms with Crippen LogP contribution in [0.3, 0.4) is 0 Å². The zero-order chi connectivity index (χ0) is 15.6. The van der Waals surface area contributed by atoms with Gasteiger partial charge in [0.2, 0.25) is 5.91 Å². The molecule has 0 fully saturated rings. The van der Waals surface area contributed by atoms with Crippen molar-refractivity contribution < 1.29 is 4.79 Å². The van der Waals surface area contributed by atoms with E-state index in [4.69, 9.17) is 0 Å². The Balaban J connectivity index is 1.49. The molecule has 4 rings (SSSR count). The monoisotopic (exact) mass is 318 g/mol. The third kappa shape index (κ3) is 2.81. The van der Waals surface area contributed by atoms with E-state index in [0.29, 0.717) is 5.13 Å². The molecule has 4 heteroatoms. The number of hydrogen-bond donors (Lipinski definition) is 1. The van der Waals surface area contributed by atoms with Gasteiger partial charge in [0.15, 0.2) is 5.13 Å². The van der Waals surface area contributed by atoms with Crippen LogP contribution in [0.2, 0.25) is 0 Å². The Morgan fingerprint density at radius 2 is 1.87 bits per heavy atom. The number of hydrogen-bond acceptors (Lipinski definition) is 3. The van der Waals surface area contributed by atoms with Gasteiger partial charge >= 0.3 is 0 Å². The highest BCUT2D eigenvalue weighted by Crippen LogP contribution is 2.40. The number of rotatable bonds is 3. The van der Waals surface area contributed by atoms with Crippen molar-refractivity contribution in [3.63, 3.8) is 0 Å². The summed E-state index contributed by atoms with van der Waals surface area (Å²) in [6, 6.07) is 18.0. The molecule has 0 saturated heterocycles. The van der Waals surface area contributed by atoms with Gasteiger partial charge in [-0.3, -0.25) is 10.1 Å². The van der Waals surface area contributed by atoms with Crippen molar-refractivity contribution in [3.8, 4) is 11.3 Å². The van der Waals surface area contributed by atoms with Crippen molar-refractivity contribution in [1.82, 2.24) is 4.98 Å². The summed E-state index contributed by atoms with van der Waals surface area (Å²) in [4.78, 5) is 17.8. The van der Waals surface area contributed by atoms with Crippen LogP contribution < -0.4 is 5.32 Å². The molecule has 1 aliphatic carbocycles. The van der Waals surface area contributed by atoms with Crippen LogP contribution in [-0.4, -0.2) is 10.9 Å². The van der Waals surface area contributed by atoms with E-state index in [2.05, 4.69) is 22.4 Å². The number of nitrogens with zero attached hydrogens (tertiary/aromatic N) is 1. The van der Waals surface area contributed by atoms with Crippen molar-refractivity contribution in [2.45, 2.75) is 6.42 Å². The second-order valence-electron chi connectivity index (χ2n) is 5.36. The molecule has 0 radical (unpaired) electrons. The Labute approximate surface area is 138 Å². The molecule has 1 heterocycles. The SMILES string of the molecule is O=C(C=Cc1ccccc1)Nc1nc2c(s1)Cc1ccccc1-2. The largest absolute Gasteiger partial charge is 0.298 e. The molecule has 112 valence electrons. The van der Waals surface area contributed by atoms with E-state index in [1.54, 1.807) is 17.4 Å². The average molecular weight is 318 g/mol. The Morgan fingerprint density at radius 1 is 1.09 bits per heavy atom. The van der Waals surface area contributed by atoms with Crippen LogP contribution in [0, 0.1) is 0 Å². The van der Waals surface area contributed by atoms with E-state index in [9.17, 15) is 4.79 Å². The summed E-state index contributed by atoms with van der Waals surface area (Å²) in [5, 5.41) is 3.51. The first-order chi connectivity index (χ1) is 11.3. The van der Waals surface area contributed by atoms with E-state index >= 15 is 0 Å². The summed E-state index contributed by atoms with van der Waals surface area (Å²) in [7, 11) is 0. The van der Waals surface area contributed by atoms with Crippen LogP contribution in [-0.2, 0) is 11.2 Å². The molecule has 23 heavy (non-hydrogen) atoms.